The van der Waals surface area contributed by atoms with Gasteiger partial charge in [0.05, 0.1) is 0 Å². The van der Waals surface area contributed by atoms with E-state index in [2.05, 4.69) is 24.2 Å². The maximum Gasteiger partial charge on any atom is 0.255 e. The van der Waals surface area contributed by atoms with Crippen molar-refractivity contribution in [1.29, 1.82) is 0 Å². The minimum Gasteiger partial charge on any atom is -0.293 e. The first-order valence-corrected chi connectivity index (χ1v) is 7.45. The Morgan fingerprint density at radius 3 is 2.68 bits per heavy atom. The number of nitrogens with zero attached hydrogens (tertiary/aromatic N) is 1. The molecule has 2 rings (SSSR count). The van der Waals surface area contributed by atoms with Crippen LogP contribution in [-0.4, -0.2) is 34.4 Å². The number of hydrogen-bond donors (Lipinski definition) is 2. The maximum absolute atomic E-state index is 12.1. The molecule has 1 unspecified atom stereocenters. The molecule has 0 spiro atoms. The molecule has 5 heteroatoms. The van der Waals surface area contributed by atoms with Gasteiger partial charge >= 0.3 is 0 Å². The van der Waals surface area contributed by atoms with Crippen molar-refractivity contribution >= 4 is 17.7 Å². The molecule has 0 radical (unpaired) electrons. The molecule has 4 nitrogen and oxygen atoms in total. The second-order valence-corrected chi connectivity index (χ2v) is 7.20. The fourth-order valence-corrected chi connectivity index (χ4v) is 3.65. The molecule has 0 bridgehead atoms. The third-order valence-corrected chi connectivity index (χ3v) is 4.62. The molecule has 3 N–H and O–H groups in total. The first-order valence-electron chi connectivity index (χ1n) is 6.47. The fraction of sp³-hybridized carbons (Fsp3) is 0.500. The lowest BCUT2D eigenvalue weighted by Crippen LogP contribution is -2.50. The Kier molecular flexibility index (Phi) is 4.50. The van der Waals surface area contributed by atoms with Crippen LogP contribution in [0.15, 0.2) is 30.3 Å². The van der Waals surface area contributed by atoms with Crippen LogP contribution in [0.4, 0.5) is 0 Å². The first kappa shape index (κ1) is 14.4. The number of amides is 1. The van der Waals surface area contributed by atoms with E-state index in [0.29, 0.717) is 0 Å². The van der Waals surface area contributed by atoms with Crippen LogP contribution in [0.2, 0.25) is 0 Å². The van der Waals surface area contributed by atoms with Gasteiger partial charge in [-0.05, 0) is 19.4 Å². The van der Waals surface area contributed by atoms with Crippen molar-refractivity contribution < 1.29 is 4.79 Å². The van der Waals surface area contributed by atoms with Crippen molar-refractivity contribution in [3.05, 3.63) is 35.9 Å². The van der Waals surface area contributed by atoms with E-state index >= 15 is 0 Å². The molecule has 1 amide bonds. The number of hydrogen-bond acceptors (Lipinski definition) is 4. The van der Waals surface area contributed by atoms with Gasteiger partial charge in [-0.3, -0.25) is 15.1 Å². The number of hydrazine groups is 1. The van der Waals surface area contributed by atoms with Crippen molar-refractivity contribution in [3.8, 4) is 0 Å². The number of nitrogens with one attached hydrogen (secondary N) is 1. The van der Waals surface area contributed by atoms with E-state index in [1.807, 2.05) is 42.1 Å². The van der Waals surface area contributed by atoms with Crippen LogP contribution in [-0.2, 0) is 4.79 Å². The van der Waals surface area contributed by atoms with Crippen molar-refractivity contribution in [3.63, 3.8) is 0 Å². The lowest BCUT2D eigenvalue weighted by atomic mass is 10.0. The second kappa shape index (κ2) is 5.94. The lowest BCUT2D eigenvalue weighted by Gasteiger charge is -2.41. The van der Waals surface area contributed by atoms with Crippen molar-refractivity contribution in [2.24, 2.45) is 5.84 Å². The third-order valence-electron chi connectivity index (χ3n) is 3.33. The van der Waals surface area contributed by atoms with E-state index < -0.39 is 0 Å². The topological polar surface area (TPSA) is 58.4 Å². The highest BCUT2D eigenvalue weighted by Gasteiger charge is 2.34. The Hall–Kier alpha value is -1.04. The van der Waals surface area contributed by atoms with Gasteiger partial charge in [0.2, 0.25) is 0 Å². The van der Waals surface area contributed by atoms with Gasteiger partial charge in [0, 0.05) is 23.6 Å². The normalized spacial score (nSPS) is 20.8. The predicted octanol–water partition coefficient (Wildman–Crippen LogP) is 1.55. The first-order chi connectivity index (χ1) is 9.03. The molecular weight excluding hydrogens is 258 g/mol. The molecule has 0 aliphatic carbocycles. The molecule has 1 aromatic carbocycles. The highest BCUT2D eigenvalue weighted by Crippen LogP contribution is 2.34. The van der Waals surface area contributed by atoms with Gasteiger partial charge < -0.3 is 0 Å². The summed E-state index contributed by atoms with van der Waals surface area (Å²) in [4.78, 5) is 14.4. The van der Waals surface area contributed by atoms with Gasteiger partial charge in [0.25, 0.3) is 5.91 Å². The van der Waals surface area contributed by atoms with Gasteiger partial charge in [0.1, 0.15) is 6.04 Å². The van der Waals surface area contributed by atoms with Gasteiger partial charge in [-0.15, -0.1) is 0 Å². The van der Waals surface area contributed by atoms with Crippen LogP contribution < -0.4 is 11.3 Å². The molecule has 1 saturated heterocycles. The van der Waals surface area contributed by atoms with E-state index in [-0.39, 0.29) is 16.7 Å². The van der Waals surface area contributed by atoms with E-state index in [9.17, 15) is 4.79 Å². The number of benzene rings is 1. The van der Waals surface area contributed by atoms with Crippen LogP contribution in [0.1, 0.15) is 25.5 Å². The fourth-order valence-electron chi connectivity index (χ4n) is 2.52. The van der Waals surface area contributed by atoms with Crippen molar-refractivity contribution in [1.82, 2.24) is 10.3 Å². The van der Waals surface area contributed by atoms with Crippen LogP contribution in [0.25, 0.3) is 0 Å². The summed E-state index contributed by atoms with van der Waals surface area (Å²) in [5.74, 6) is 6.24. The third kappa shape index (κ3) is 3.49. The summed E-state index contributed by atoms with van der Waals surface area (Å²) in [7, 11) is 0. The van der Waals surface area contributed by atoms with E-state index in [1.54, 1.807) is 0 Å². The molecule has 0 aromatic heterocycles. The molecule has 1 heterocycles. The molecule has 1 atom stereocenters. The lowest BCUT2D eigenvalue weighted by molar-refractivity contribution is -0.126. The molecule has 1 fully saturated rings. The molecule has 1 aliphatic rings. The highest BCUT2D eigenvalue weighted by molar-refractivity contribution is 8.00. The molecule has 1 aromatic rings. The smallest absolute Gasteiger partial charge is 0.255 e. The zero-order chi connectivity index (χ0) is 13.9. The zero-order valence-corrected chi connectivity index (χ0v) is 12.2. The van der Waals surface area contributed by atoms with Gasteiger partial charge in [-0.25, -0.2) is 5.84 Å². The molecule has 104 valence electrons. The Balaban J connectivity index is 2.26. The van der Waals surface area contributed by atoms with Gasteiger partial charge in [-0.2, -0.15) is 11.8 Å². The van der Waals surface area contributed by atoms with E-state index in [1.165, 1.54) is 0 Å². The van der Waals surface area contributed by atoms with Gasteiger partial charge in [-0.1, -0.05) is 30.3 Å². The average Bonchev–Trinajstić information content (AvgIpc) is 2.39. The second-order valence-electron chi connectivity index (χ2n) is 5.40. The Bertz CT molecular complexity index is 436. The van der Waals surface area contributed by atoms with Crippen LogP contribution in [0.5, 0.6) is 0 Å². The summed E-state index contributed by atoms with van der Waals surface area (Å²) in [5.41, 5.74) is 3.29. The molecule has 19 heavy (non-hydrogen) atoms. The van der Waals surface area contributed by atoms with Crippen LogP contribution in [0.3, 0.4) is 0 Å². The highest BCUT2D eigenvalue weighted by atomic mass is 32.2. The molecule has 1 aliphatic heterocycles. The minimum absolute atomic E-state index is 0.145. The average molecular weight is 279 g/mol. The van der Waals surface area contributed by atoms with Gasteiger partial charge in [0.15, 0.2) is 0 Å². The Morgan fingerprint density at radius 1 is 1.42 bits per heavy atom. The summed E-state index contributed by atoms with van der Waals surface area (Å²) in [5, 5.41) is 0. The molecule has 0 saturated carbocycles. The summed E-state index contributed by atoms with van der Waals surface area (Å²) in [6, 6.07) is 9.53. The van der Waals surface area contributed by atoms with Crippen LogP contribution in [0, 0.1) is 0 Å². The number of nitrogens with two attached hydrogens (primary N) is 1. The number of rotatable bonds is 3. The largest absolute Gasteiger partial charge is 0.293 e. The minimum atomic E-state index is -0.300. The van der Waals surface area contributed by atoms with E-state index in [4.69, 9.17) is 5.84 Å². The van der Waals surface area contributed by atoms with Crippen LogP contribution >= 0.6 is 11.8 Å². The number of carbonyl (C=O) groups excluding carboxylic acids is 1. The Morgan fingerprint density at radius 2 is 2.11 bits per heavy atom. The van der Waals surface area contributed by atoms with Crippen molar-refractivity contribution in [2.45, 2.75) is 24.6 Å². The summed E-state index contributed by atoms with van der Waals surface area (Å²) in [6.07, 6.45) is 0. The van der Waals surface area contributed by atoms with E-state index in [0.717, 1.165) is 24.4 Å². The summed E-state index contributed by atoms with van der Waals surface area (Å²) < 4.78 is 0.167. The number of carbonyl (C=O) groups is 1. The Labute approximate surface area is 118 Å². The summed E-state index contributed by atoms with van der Waals surface area (Å²) in [6.45, 7) is 6.21. The number of thioether (sulfide) groups is 1. The zero-order valence-electron chi connectivity index (χ0n) is 11.4. The summed E-state index contributed by atoms with van der Waals surface area (Å²) >= 11 is 1.95. The quantitative estimate of drug-likeness (QED) is 0.501. The predicted molar refractivity (Wildman–Crippen MR) is 79.6 cm³/mol. The SMILES string of the molecule is CC1(C)CN(C(C(=O)NN)c2ccccc2)CCS1. The molecular formula is C14H21N3OS. The van der Waals surface area contributed by atoms with Crippen molar-refractivity contribution in [2.75, 3.05) is 18.8 Å². The monoisotopic (exact) mass is 279 g/mol. The maximum atomic E-state index is 12.1. The standard InChI is InChI=1S/C14H21N3OS/c1-14(2)10-17(8-9-19-14)12(13(18)16-15)11-6-4-3-5-7-11/h3-7,12H,8-10,15H2,1-2H3,(H,16,18).